The molecule has 1 saturated heterocycles. The van der Waals surface area contributed by atoms with Crippen LogP contribution in [0.4, 0.5) is 19.3 Å². The van der Waals surface area contributed by atoms with E-state index in [2.05, 4.69) is 5.32 Å². The molecule has 3 rings (SSSR count). The van der Waals surface area contributed by atoms with Gasteiger partial charge in [0, 0.05) is 57.7 Å². The highest BCUT2D eigenvalue weighted by atomic mass is 35.5. The lowest BCUT2D eigenvalue weighted by atomic mass is 9.93. The van der Waals surface area contributed by atoms with Gasteiger partial charge in [0.2, 0.25) is 0 Å². The van der Waals surface area contributed by atoms with Gasteiger partial charge in [-0.05, 0) is 51.1 Å². The summed E-state index contributed by atoms with van der Waals surface area (Å²) < 4.78 is 39.8. The van der Waals surface area contributed by atoms with Crippen LogP contribution in [-0.4, -0.2) is 68.0 Å². The molecule has 0 atom stereocenters. The molecule has 0 aliphatic carbocycles. The van der Waals surface area contributed by atoms with E-state index in [0.717, 1.165) is 6.07 Å². The Kier molecular flexibility index (Phi) is 9.36. The predicted molar refractivity (Wildman–Crippen MR) is 140 cm³/mol. The molecule has 0 radical (unpaired) electrons. The number of benzene rings is 2. The van der Waals surface area contributed by atoms with Crippen molar-refractivity contribution in [3.05, 3.63) is 58.9 Å². The molecule has 1 fully saturated rings. The second-order valence-electron chi connectivity index (χ2n) is 10.1. The monoisotopic (exact) mass is 537 g/mol. The number of rotatable bonds is 8. The molecule has 0 aromatic heterocycles. The van der Waals surface area contributed by atoms with Crippen LogP contribution in [0, 0.1) is 5.82 Å². The number of alkyl halides is 1. The van der Waals surface area contributed by atoms with E-state index in [9.17, 15) is 14.0 Å². The number of piperidine rings is 1. The molecule has 37 heavy (non-hydrogen) atoms. The normalized spacial score (nSPS) is 15.3. The van der Waals surface area contributed by atoms with Gasteiger partial charge in [0.15, 0.2) is 0 Å². The second kappa shape index (κ2) is 12.1. The molecule has 2 aromatic carbocycles. The summed E-state index contributed by atoms with van der Waals surface area (Å²) in [5.41, 5.74) is -1.11. The minimum Gasteiger partial charge on any atom is -0.492 e. The number of nitrogens with zero attached hydrogens (tertiary/aromatic N) is 2. The van der Waals surface area contributed by atoms with Crippen molar-refractivity contribution in [2.45, 2.75) is 44.9 Å². The maximum atomic E-state index is 15.3. The van der Waals surface area contributed by atoms with E-state index in [1.807, 2.05) is 0 Å². The molecule has 2 aromatic rings. The minimum atomic E-state index is -1.44. The van der Waals surface area contributed by atoms with E-state index in [4.69, 9.17) is 21.1 Å². The van der Waals surface area contributed by atoms with Gasteiger partial charge in [-0.1, -0.05) is 17.7 Å². The molecule has 10 heteroatoms. The van der Waals surface area contributed by atoms with Crippen molar-refractivity contribution in [3.8, 4) is 5.75 Å². The molecule has 2 amide bonds. The van der Waals surface area contributed by atoms with Crippen LogP contribution in [0.3, 0.4) is 0 Å². The fourth-order valence-corrected chi connectivity index (χ4v) is 4.05. The zero-order chi connectivity index (χ0) is 27.2. The number of carbonyl (C=O) groups excluding carboxylic acids is 2. The standard InChI is InChI=1S/C27H34ClF2N3O4/c1-26(2,3)37-25(35)32(4)20-6-5-7-21(17-20)36-15-12-31-18-27(30)10-13-33(14-11-27)24(34)19-8-9-23(29)22(28)16-19/h5-9,16-17,31H,10-15,18H2,1-4H3. The van der Waals surface area contributed by atoms with Crippen molar-refractivity contribution in [1.82, 2.24) is 10.2 Å². The Morgan fingerprint density at radius 2 is 1.86 bits per heavy atom. The Bertz CT molecular complexity index is 1100. The SMILES string of the molecule is CN(C(=O)OC(C)(C)C)c1cccc(OCCNCC2(F)CCN(C(=O)c3ccc(F)c(Cl)c3)CC2)c1. The molecule has 0 bridgehead atoms. The number of likely N-dealkylation sites (tertiary alicyclic amines) is 1. The molecule has 7 nitrogen and oxygen atoms in total. The number of hydrogen-bond donors (Lipinski definition) is 1. The lowest BCUT2D eigenvalue weighted by Gasteiger charge is -2.36. The zero-order valence-electron chi connectivity index (χ0n) is 21.7. The molecule has 0 spiro atoms. The van der Waals surface area contributed by atoms with Gasteiger partial charge in [0.05, 0.1) is 10.7 Å². The maximum Gasteiger partial charge on any atom is 0.414 e. The number of hydrogen-bond acceptors (Lipinski definition) is 5. The van der Waals surface area contributed by atoms with Crippen LogP contribution < -0.4 is 15.0 Å². The van der Waals surface area contributed by atoms with Crippen molar-refractivity contribution < 1.29 is 27.8 Å². The van der Waals surface area contributed by atoms with Gasteiger partial charge in [-0.15, -0.1) is 0 Å². The molecular weight excluding hydrogens is 504 g/mol. The fourth-order valence-electron chi connectivity index (χ4n) is 3.87. The molecule has 202 valence electrons. The minimum absolute atomic E-state index is 0.115. The van der Waals surface area contributed by atoms with Crippen LogP contribution in [0.1, 0.15) is 44.0 Å². The summed E-state index contributed by atoms with van der Waals surface area (Å²) in [6, 6.07) is 10.9. The quantitative estimate of drug-likeness (QED) is 0.453. The third-order valence-corrected chi connectivity index (χ3v) is 6.26. The zero-order valence-corrected chi connectivity index (χ0v) is 22.4. The first-order valence-electron chi connectivity index (χ1n) is 12.2. The van der Waals surface area contributed by atoms with Crippen molar-refractivity contribution in [1.29, 1.82) is 0 Å². The number of carbonyl (C=O) groups is 2. The topological polar surface area (TPSA) is 71.1 Å². The molecule has 0 unspecified atom stereocenters. The third kappa shape index (κ3) is 8.30. The summed E-state index contributed by atoms with van der Waals surface area (Å²) in [7, 11) is 1.63. The number of ether oxygens (including phenoxy) is 2. The predicted octanol–water partition coefficient (Wildman–Crippen LogP) is 5.46. The summed E-state index contributed by atoms with van der Waals surface area (Å²) in [5.74, 6) is -0.294. The van der Waals surface area contributed by atoms with E-state index in [1.165, 1.54) is 17.0 Å². The second-order valence-corrected chi connectivity index (χ2v) is 10.5. The highest BCUT2D eigenvalue weighted by Crippen LogP contribution is 2.28. The molecule has 1 N–H and O–H groups in total. The highest BCUT2D eigenvalue weighted by molar-refractivity contribution is 6.31. The van der Waals surface area contributed by atoms with Gasteiger partial charge < -0.3 is 19.7 Å². The van der Waals surface area contributed by atoms with E-state index < -0.39 is 23.2 Å². The van der Waals surface area contributed by atoms with E-state index >= 15 is 4.39 Å². The molecule has 0 saturated carbocycles. The van der Waals surface area contributed by atoms with Gasteiger partial charge in [0.25, 0.3) is 5.91 Å². The number of anilines is 1. The van der Waals surface area contributed by atoms with E-state index in [1.54, 1.807) is 57.0 Å². The average Bonchev–Trinajstić information content (AvgIpc) is 2.84. The van der Waals surface area contributed by atoms with Gasteiger partial charge in [0.1, 0.15) is 29.4 Å². The summed E-state index contributed by atoms with van der Waals surface area (Å²) in [5, 5.41) is 2.97. The van der Waals surface area contributed by atoms with Gasteiger partial charge in [-0.25, -0.2) is 13.6 Å². The Morgan fingerprint density at radius 3 is 2.51 bits per heavy atom. The Balaban J connectivity index is 1.40. The maximum absolute atomic E-state index is 15.3. The summed E-state index contributed by atoms with van der Waals surface area (Å²) in [6.45, 7) is 6.82. The van der Waals surface area contributed by atoms with E-state index in [0.29, 0.717) is 24.6 Å². The summed E-state index contributed by atoms with van der Waals surface area (Å²) in [6.07, 6.45) is -0.0741. The number of halogens is 3. The molecule has 1 heterocycles. The van der Waals surface area contributed by atoms with E-state index in [-0.39, 0.29) is 49.0 Å². The van der Waals surface area contributed by atoms with Crippen LogP contribution in [0.25, 0.3) is 0 Å². The van der Waals surface area contributed by atoms with Crippen molar-refractivity contribution in [3.63, 3.8) is 0 Å². The number of nitrogens with one attached hydrogen (secondary N) is 1. The summed E-state index contributed by atoms with van der Waals surface area (Å²) >= 11 is 5.77. The first-order valence-corrected chi connectivity index (χ1v) is 12.6. The molecular formula is C27H34ClF2N3O4. The molecule has 1 aliphatic heterocycles. The Labute approximate surface area is 221 Å². The average molecular weight is 538 g/mol. The van der Waals surface area contributed by atoms with Crippen molar-refractivity contribution in [2.24, 2.45) is 0 Å². The first-order chi connectivity index (χ1) is 17.4. The van der Waals surface area contributed by atoms with Gasteiger partial charge >= 0.3 is 6.09 Å². The van der Waals surface area contributed by atoms with Crippen LogP contribution in [0.5, 0.6) is 5.75 Å². The van der Waals surface area contributed by atoms with Crippen LogP contribution >= 0.6 is 11.6 Å². The van der Waals surface area contributed by atoms with Crippen LogP contribution in [-0.2, 0) is 4.74 Å². The van der Waals surface area contributed by atoms with Gasteiger partial charge in [-0.2, -0.15) is 0 Å². The van der Waals surface area contributed by atoms with Crippen LogP contribution in [0.15, 0.2) is 42.5 Å². The lowest BCUT2D eigenvalue weighted by molar-refractivity contribution is 0.0433. The highest BCUT2D eigenvalue weighted by Gasteiger charge is 2.36. The first kappa shape index (κ1) is 28.7. The molecule has 1 aliphatic rings. The largest absolute Gasteiger partial charge is 0.492 e. The van der Waals surface area contributed by atoms with Crippen molar-refractivity contribution >= 4 is 29.3 Å². The number of amides is 2. The third-order valence-electron chi connectivity index (χ3n) is 5.97. The fraction of sp³-hybridized carbons (Fsp3) is 0.481. The van der Waals surface area contributed by atoms with Gasteiger partial charge in [-0.3, -0.25) is 9.69 Å². The Hall–Kier alpha value is -2.91. The van der Waals surface area contributed by atoms with Crippen molar-refractivity contribution in [2.75, 3.05) is 44.7 Å². The Morgan fingerprint density at radius 1 is 1.16 bits per heavy atom. The lowest BCUT2D eigenvalue weighted by Crippen LogP contribution is -2.49. The van der Waals surface area contributed by atoms with Crippen LogP contribution in [0.2, 0.25) is 5.02 Å². The smallest absolute Gasteiger partial charge is 0.414 e. The summed E-state index contributed by atoms with van der Waals surface area (Å²) in [4.78, 5) is 27.9.